The summed E-state index contributed by atoms with van der Waals surface area (Å²) >= 11 is 3.35. The SMILES string of the molecule is C=CCOc1ccc(NCC(=O)Nc2ccc(Br)cc2)cc1. The Bertz CT molecular complexity index is 624. The standard InChI is InChI=1S/C17H17BrN2O2/c1-2-11-22-16-9-7-14(8-10-16)19-12-17(21)20-15-5-3-13(18)4-6-15/h2-10,19H,1,11-12H2,(H,20,21). The van der Waals surface area contributed by atoms with Gasteiger partial charge >= 0.3 is 0 Å². The summed E-state index contributed by atoms with van der Waals surface area (Å²) in [6, 6.07) is 14.9. The lowest BCUT2D eigenvalue weighted by Gasteiger charge is -2.09. The summed E-state index contributed by atoms with van der Waals surface area (Å²) in [5.41, 5.74) is 1.63. The second-order valence-electron chi connectivity index (χ2n) is 4.53. The highest BCUT2D eigenvalue weighted by atomic mass is 79.9. The van der Waals surface area contributed by atoms with Crippen molar-refractivity contribution in [3.8, 4) is 5.75 Å². The zero-order valence-electron chi connectivity index (χ0n) is 12.0. The molecule has 114 valence electrons. The molecule has 0 aliphatic carbocycles. The summed E-state index contributed by atoms with van der Waals surface area (Å²) in [6.07, 6.45) is 1.69. The van der Waals surface area contributed by atoms with Gasteiger partial charge in [0.1, 0.15) is 12.4 Å². The Labute approximate surface area is 138 Å². The van der Waals surface area contributed by atoms with Gasteiger partial charge in [0.05, 0.1) is 6.54 Å². The van der Waals surface area contributed by atoms with Crippen molar-refractivity contribution in [1.29, 1.82) is 0 Å². The van der Waals surface area contributed by atoms with Crippen molar-refractivity contribution in [3.63, 3.8) is 0 Å². The lowest BCUT2D eigenvalue weighted by Crippen LogP contribution is -2.21. The van der Waals surface area contributed by atoms with Crippen LogP contribution in [0.3, 0.4) is 0 Å². The molecule has 0 saturated heterocycles. The molecule has 0 heterocycles. The topological polar surface area (TPSA) is 50.4 Å². The maximum absolute atomic E-state index is 11.9. The van der Waals surface area contributed by atoms with E-state index in [-0.39, 0.29) is 12.5 Å². The van der Waals surface area contributed by atoms with E-state index in [2.05, 4.69) is 33.1 Å². The Morgan fingerprint density at radius 1 is 1.09 bits per heavy atom. The molecule has 0 atom stereocenters. The van der Waals surface area contributed by atoms with Gasteiger partial charge in [-0.2, -0.15) is 0 Å². The summed E-state index contributed by atoms with van der Waals surface area (Å²) < 4.78 is 6.37. The van der Waals surface area contributed by atoms with Gasteiger partial charge in [-0.1, -0.05) is 28.6 Å². The number of rotatable bonds is 7. The van der Waals surface area contributed by atoms with Crippen molar-refractivity contribution >= 4 is 33.2 Å². The molecule has 4 nitrogen and oxygen atoms in total. The van der Waals surface area contributed by atoms with Gasteiger partial charge in [-0.25, -0.2) is 0 Å². The number of nitrogens with one attached hydrogen (secondary N) is 2. The van der Waals surface area contributed by atoms with Gasteiger partial charge in [0, 0.05) is 15.8 Å². The van der Waals surface area contributed by atoms with Crippen molar-refractivity contribution < 1.29 is 9.53 Å². The van der Waals surface area contributed by atoms with E-state index in [1.807, 2.05) is 48.5 Å². The monoisotopic (exact) mass is 360 g/mol. The van der Waals surface area contributed by atoms with Crippen molar-refractivity contribution in [3.05, 3.63) is 65.7 Å². The number of hydrogen-bond donors (Lipinski definition) is 2. The molecule has 0 spiro atoms. The van der Waals surface area contributed by atoms with Crippen LogP contribution in [-0.4, -0.2) is 19.1 Å². The average molecular weight is 361 g/mol. The summed E-state index contributed by atoms with van der Waals surface area (Å²) in [7, 11) is 0. The Morgan fingerprint density at radius 2 is 1.73 bits per heavy atom. The van der Waals surface area contributed by atoms with Gasteiger partial charge in [0.25, 0.3) is 0 Å². The molecule has 2 aromatic carbocycles. The largest absolute Gasteiger partial charge is 0.490 e. The molecule has 0 aliphatic rings. The van der Waals surface area contributed by atoms with E-state index in [1.165, 1.54) is 0 Å². The number of anilines is 2. The molecule has 0 bridgehead atoms. The van der Waals surface area contributed by atoms with Crippen LogP contribution in [0.4, 0.5) is 11.4 Å². The summed E-state index contributed by atoms with van der Waals surface area (Å²) in [5.74, 6) is 0.666. The fraction of sp³-hybridized carbons (Fsp3) is 0.118. The van der Waals surface area contributed by atoms with Crippen LogP contribution in [0.25, 0.3) is 0 Å². The summed E-state index contributed by atoms with van der Waals surface area (Å²) in [4.78, 5) is 11.9. The van der Waals surface area contributed by atoms with Crippen molar-refractivity contribution in [1.82, 2.24) is 0 Å². The van der Waals surface area contributed by atoms with E-state index in [4.69, 9.17) is 4.74 Å². The van der Waals surface area contributed by atoms with Crippen LogP contribution < -0.4 is 15.4 Å². The molecule has 22 heavy (non-hydrogen) atoms. The number of halogens is 1. The van der Waals surface area contributed by atoms with Crippen molar-refractivity contribution in [2.24, 2.45) is 0 Å². The lowest BCUT2D eigenvalue weighted by molar-refractivity contribution is -0.114. The van der Waals surface area contributed by atoms with Crippen LogP contribution in [0.1, 0.15) is 0 Å². The fourth-order valence-corrected chi connectivity index (χ4v) is 2.01. The first-order valence-electron chi connectivity index (χ1n) is 6.80. The number of carbonyl (C=O) groups excluding carboxylic acids is 1. The van der Waals surface area contributed by atoms with Gasteiger partial charge in [0.15, 0.2) is 0 Å². The van der Waals surface area contributed by atoms with E-state index in [0.29, 0.717) is 6.61 Å². The van der Waals surface area contributed by atoms with Crippen molar-refractivity contribution in [2.75, 3.05) is 23.8 Å². The maximum Gasteiger partial charge on any atom is 0.243 e. The lowest BCUT2D eigenvalue weighted by atomic mass is 10.3. The molecule has 0 saturated carbocycles. The Hall–Kier alpha value is -2.27. The molecule has 2 N–H and O–H groups in total. The highest BCUT2D eigenvalue weighted by Gasteiger charge is 2.02. The van der Waals surface area contributed by atoms with Gasteiger partial charge in [0.2, 0.25) is 5.91 Å². The zero-order valence-corrected chi connectivity index (χ0v) is 13.6. The molecule has 0 radical (unpaired) electrons. The Kier molecular flexibility index (Phi) is 6.03. The quantitative estimate of drug-likeness (QED) is 0.731. The Balaban J connectivity index is 1.80. The zero-order chi connectivity index (χ0) is 15.8. The van der Waals surface area contributed by atoms with E-state index in [1.54, 1.807) is 6.08 Å². The third-order valence-corrected chi connectivity index (χ3v) is 3.33. The first-order valence-corrected chi connectivity index (χ1v) is 7.60. The number of amides is 1. The number of carbonyl (C=O) groups is 1. The normalized spacial score (nSPS) is 9.86. The number of hydrogen-bond acceptors (Lipinski definition) is 3. The molecule has 0 aromatic heterocycles. The van der Waals surface area contributed by atoms with E-state index >= 15 is 0 Å². The highest BCUT2D eigenvalue weighted by molar-refractivity contribution is 9.10. The molecule has 0 fully saturated rings. The van der Waals surface area contributed by atoms with Crippen LogP contribution in [0.15, 0.2) is 65.7 Å². The predicted octanol–water partition coefficient (Wildman–Crippen LogP) is 4.06. The van der Waals surface area contributed by atoms with Crippen LogP contribution in [0, 0.1) is 0 Å². The molecule has 0 unspecified atom stereocenters. The smallest absolute Gasteiger partial charge is 0.243 e. The predicted molar refractivity (Wildman–Crippen MR) is 93.4 cm³/mol. The van der Waals surface area contributed by atoms with Gasteiger partial charge in [-0.3, -0.25) is 4.79 Å². The highest BCUT2D eigenvalue weighted by Crippen LogP contribution is 2.16. The van der Waals surface area contributed by atoms with Crippen LogP contribution in [0.2, 0.25) is 0 Å². The second-order valence-corrected chi connectivity index (χ2v) is 5.45. The summed E-state index contributed by atoms with van der Waals surface area (Å²) in [6.45, 7) is 4.27. The number of benzene rings is 2. The van der Waals surface area contributed by atoms with E-state index < -0.39 is 0 Å². The first kappa shape index (κ1) is 16.1. The number of ether oxygens (including phenoxy) is 1. The van der Waals surface area contributed by atoms with Crippen LogP contribution in [0.5, 0.6) is 5.75 Å². The van der Waals surface area contributed by atoms with Gasteiger partial charge < -0.3 is 15.4 Å². The van der Waals surface area contributed by atoms with Crippen LogP contribution >= 0.6 is 15.9 Å². The average Bonchev–Trinajstić information content (AvgIpc) is 2.54. The van der Waals surface area contributed by atoms with Gasteiger partial charge in [-0.15, -0.1) is 0 Å². The summed E-state index contributed by atoms with van der Waals surface area (Å²) in [5, 5.41) is 5.88. The Morgan fingerprint density at radius 3 is 2.36 bits per heavy atom. The minimum atomic E-state index is -0.102. The molecule has 5 heteroatoms. The van der Waals surface area contributed by atoms with Crippen molar-refractivity contribution in [2.45, 2.75) is 0 Å². The minimum absolute atomic E-state index is 0.102. The molecule has 1 amide bonds. The van der Waals surface area contributed by atoms with E-state index in [0.717, 1.165) is 21.6 Å². The van der Waals surface area contributed by atoms with E-state index in [9.17, 15) is 4.79 Å². The second kappa shape index (κ2) is 8.24. The molecular weight excluding hydrogens is 344 g/mol. The third kappa shape index (κ3) is 5.26. The van der Waals surface area contributed by atoms with Crippen LogP contribution in [-0.2, 0) is 4.79 Å². The molecule has 2 aromatic rings. The molecule has 0 aliphatic heterocycles. The molecular formula is C17H17BrN2O2. The first-order chi connectivity index (χ1) is 10.7. The maximum atomic E-state index is 11.9. The fourth-order valence-electron chi connectivity index (χ4n) is 1.74. The van der Waals surface area contributed by atoms with Gasteiger partial charge in [-0.05, 0) is 48.5 Å². The minimum Gasteiger partial charge on any atom is -0.490 e. The molecule has 2 rings (SSSR count). The third-order valence-electron chi connectivity index (χ3n) is 2.80.